The SMILES string of the molecule is CC/C=C\C/C=C\C/C=C\C/C=C\CCCCC(=O)NC(COP(=O)(O)OCC[N+](C)(C)C)C(O)CCCCCCCCCCCCCCCCCCCCCCCCCCCCCCCCCC. The van der Waals surface area contributed by atoms with Crippen molar-refractivity contribution in [2.45, 2.75) is 289 Å². The van der Waals surface area contributed by atoms with Gasteiger partial charge >= 0.3 is 7.82 Å². The fraction of sp³-hybridized carbons (Fsp3) is 0.850. The summed E-state index contributed by atoms with van der Waals surface area (Å²) >= 11 is 0. The molecule has 0 aromatic rings. The Labute approximate surface area is 429 Å². The minimum atomic E-state index is -4.34. The molecule has 406 valence electrons. The third-order valence-corrected chi connectivity index (χ3v) is 14.3. The first-order chi connectivity index (χ1) is 33.5. The number of likely N-dealkylation sites (N-methyl/N-ethyl adjacent to an activating group) is 1. The molecule has 0 aromatic heterocycles. The summed E-state index contributed by atoms with van der Waals surface area (Å²) in [6.45, 7) is 4.76. The molecule has 3 unspecified atom stereocenters. The monoisotopic (exact) mass is 992 g/mol. The van der Waals surface area contributed by atoms with E-state index in [-0.39, 0.29) is 19.1 Å². The summed E-state index contributed by atoms with van der Waals surface area (Å²) in [5.74, 6) is -0.183. The van der Waals surface area contributed by atoms with E-state index < -0.39 is 20.0 Å². The fourth-order valence-corrected chi connectivity index (χ4v) is 9.48. The molecule has 0 spiro atoms. The van der Waals surface area contributed by atoms with E-state index in [1.807, 2.05) is 21.1 Å². The lowest BCUT2D eigenvalue weighted by Gasteiger charge is -2.26. The summed E-state index contributed by atoms with van der Waals surface area (Å²) in [6, 6.07) is -0.785. The third-order valence-electron chi connectivity index (χ3n) is 13.3. The van der Waals surface area contributed by atoms with Crippen LogP contribution >= 0.6 is 7.82 Å². The standard InChI is InChI=1S/C60H115N2O6P/c1-6-8-10-12-14-16-18-20-22-23-24-25-26-27-28-29-30-31-32-33-34-35-36-37-38-40-41-43-45-47-49-51-53-59(63)58(57-68-69(65,66)67-56-55-62(3,4)5)61-60(64)54-52-50-48-46-44-42-39-21-19-17-15-13-11-9-7-2/h9,11,15,17,21,39,44,46,58-59,63H,6-8,10,12-14,16,18-20,22-38,40-43,45,47-57H2,1-5H3,(H-,61,64,65,66)/p+1/b11-9-,17-15-,39-21-,46-44-. The molecule has 0 rings (SSSR count). The smallest absolute Gasteiger partial charge is 0.391 e. The van der Waals surface area contributed by atoms with Crippen molar-refractivity contribution in [3.8, 4) is 0 Å². The Balaban J connectivity index is 4.05. The van der Waals surface area contributed by atoms with Gasteiger partial charge in [-0.3, -0.25) is 13.8 Å². The lowest BCUT2D eigenvalue weighted by molar-refractivity contribution is -0.870. The highest BCUT2D eigenvalue weighted by atomic mass is 31.2. The number of aliphatic hydroxyl groups is 1. The van der Waals surface area contributed by atoms with Gasteiger partial charge in [0.1, 0.15) is 13.2 Å². The summed E-state index contributed by atoms with van der Waals surface area (Å²) in [4.78, 5) is 23.3. The van der Waals surface area contributed by atoms with Crippen LogP contribution in [-0.2, 0) is 18.4 Å². The predicted octanol–water partition coefficient (Wildman–Crippen LogP) is 17.9. The number of phosphoric acid groups is 1. The minimum absolute atomic E-state index is 0.0653. The highest BCUT2D eigenvalue weighted by Gasteiger charge is 2.28. The molecule has 0 aliphatic heterocycles. The average molecular weight is 993 g/mol. The summed E-state index contributed by atoms with van der Waals surface area (Å²) in [6.07, 6.45) is 67.7. The molecule has 0 saturated heterocycles. The Kier molecular flexibility index (Phi) is 50.2. The number of rotatable bonds is 54. The highest BCUT2D eigenvalue weighted by Crippen LogP contribution is 2.43. The Hall–Kier alpha value is -1.54. The molecule has 0 aliphatic carbocycles. The van der Waals surface area contributed by atoms with Gasteiger partial charge in [0, 0.05) is 6.42 Å². The van der Waals surface area contributed by atoms with Crippen molar-refractivity contribution < 1.29 is 32.9 Å². The second-order valence-corrected chi connectivity index (χ2v) is 22.8. The van der Waals surface area contributed by atoms with Gasteiger partial charge in [-0.15, -0.1) is 0 Å². The van der Waals surface area contributed by atoms with E-state index in [9.17, 15) is 19.4 Å². The second kappa shape index (κ2) is 51.4. The maximum Gasteiger partial charge on any atom is 0.472 e. The largest absolute Gasteiger partial charge is 0.472 e. The van der Waals surface area contributed by atoms with E-state index in [0.717, 1.165) is 64.2 Å². The molecule has 3 N–H and O–H groups in total. The van der Waals surface area contributed by atoms with E-state index >= 15 is 0 Å². The molecule has 0 aromatic carbocycles. The Morgan fingerprint density at radius 3 is 1.25 bits per heavy atom. The molecule has 0 heterocycles. The molecule has 3 atom stereocenters. The predicted molar refractivity (Wildman–Crippen MR) is 300 cm³/mol. The van der Waals surface area contributed by atoms with Crippen molar-refractivity contribution in [3.05, 3.63) is 48.6 Å². The van der Waals surface area contributed by atoms with Gasteiger partial charge < -0.3 is 19.8 Å². The van der Waals surface area contributed by atoms with Gasteiger partial charge in [0.2, 0.25) is 5.91 Å². The van der Waals surface area contributed by atoms with Crippen molar-refractivity contribution in [1.29, 1.82) is 0 Å². The number of unbranched alkanes of at least 4 members (excludes halogenated alkanes) is 33. The lowest BCUT2D eigenvalue weighted by Crippen LogP contribution is -2.46. The molecule has 0 fully saturated rings. The van der Waals surface area contributed by atoms with Crippen molar-refractivity contribution in [2.24, 2.45) is 0 Å². The number of carbonyl (C=O) groups is 1. The van der Waals surface area contributed by atoms with Gasteiger partial charge in [-0.2, -0.15) is 0 Å². The van der Waals surface area contributed by atoms with Gasteiger partial charge in [-0.25, -0.2) is 4.57 Å². The summed E-state index contributed by atoms with van der Waals surface area (Å²) in [7, 11) is 1.59. The number of hydrogen-bond acceptors (Lipinski definition) is 5. The van der Waals surface area contributed by atoms with Crippen molar-refractivity contribution in [1.82, 2.24) is 5.32 Å². The number of phosphoric ester groups is 1. The molecule has 0 radical (unpaired) electrons. The zero-order chi connectivity index (χ0) is 50.6. The topological polar surface area (TPSA) is 105 Å². The van der Waals surface area contributed by atoms with Gasteiger partial charge in [-0.05, 0) is 51.4 Å². The number of hydrogen-bond donors (Lipinski definition) is 3. The highest BCUT2D eigenvalue weighted by molar-refractivity contribution is 7.47. The van der Waals surface area contributed by atoms with Crippen molar-refractivity contribution >= 4 is 13.7 Å². The van der Waals surface area contributed by atoms with Gasteiger partial charge in [0.05, 0.1) is 39.9 Å². The second-order valence-electron chi connectivity index (χ2n) is 21.3. The molecule has 0 bridgehead atoms. The van der Waals surface area contributed by atoms with Crippen LogP contribution in [0.5, 0.6) is 0 Å². The Morgan fingerprint density at radius 2 is 0.870 bits per heavy atom. The first-order valence-corrected chi connectivity index (χ1v) is 31.0. The number of nitrogens with zero attached hydrogens (tertiary/aromatic N) is 1. The molecule has 1 amide bonds. The first kappa shape index (κ1) is 67.5. The zero-order valence-corrected chi connectivity index (χ0v) is 47.2. The molecule has 9 heteroatoms. The number of nitrogens with one attached hydrogen (secondary N) is 1. The van der Waals surface area contributed by atoms with E-state index in [1.54, 1.807) is 0 Å². The first-order valence-electron chi connectivity index (χ1n) is 29.5. The third kappa shape index (κ3) is 54.1. The number of quaternary nitrogens is 1. The van der Waals surface area contributed by atoms with Crippen LogP contribution in [0.3, 0.4) is 0 Å². The fourth-order valence-electron chi connectivity index (χ4n) is 8.75. The van der Waals surface area contributed by atoms with Gasteiger partial charge in [0.25, 0.3) is 0 Å². The maximum atomic E-state index is 12.9. The average Bonchev–Trinajstić information content (AvgIpc) is 3.31. The summed E-state index contributed by atoms with van der Waals surface area (Å²) in [5.41, 5.74) is 0. The van der Waals surface area contributed by atoms with Crippen LogP contribution in [0.15, 0.2) is 48.6 Å². The number of carbonyl (C=O) groups excluding carboxylic acids is 1. The van der Waals surface area contributed by atoms with Crippen LogP contribution in [-0.4, -0.2) is 73.4 Å². The normalized spacial score (nSPS) is 14.2. The zero-order valence-electron chi connectivity index (χ0n) is 46.3. The molecule has 8 nitrogen and oxygen atoms in total. The van der Waals surface area contributed by atoms with Gasteiger partial charge in [-0.1, -0.05) is 268 Å². The van der Waals surface area contributed by atoms with Crippen LogP contribution in [0.1, 0.15) is 277 Å². The van der Waals surface area contributed by atoms with Crippen LogP contribution in [0.2, 0.25) is 0 Å². The number of amides is 1. The van der Waals surface area contributed by atoms with Crippen molar-refractivity contribution in [2.75, 3.05) is 40.9 Å². The molecule has 0 saturated carbocycles. The van der Waals surface area contributed by atoms with Crippen LogP contribution in [0.4, 0.5) is 0 Å². The van der Waals surface area contributed by atoms with Crippen LogP contribution in [0.25, 0.3) is 0 Å². The Morgan fingerprint density at radius 1 is 0.507 bits per heavy atom. The number of aliphatic hydroxyl groups excluding tert-OH is 1. The van der Waals surface area contributed by atoms with E-state index in [4.69, 9.17) is 9.05 Å². The van der Waals surface area contributed by atoms with Gasteiger partial charge in [0.15, 0.2) is 0 Å². The van der Waals surface area contributed by atoms with Crippen LogP contribution < -0.4 is 5.32 Å². The lowest BCUT2D eigenvalue weighted by atomic mass is 10.0. The summed E-state index contributed by atoms with van der Waals surface area (Å²) < 4.78 is 23.7. The summed E-state index contributed by atoms with van der Waals surface area (Å²) in [5, 5.41) is 14.0. The van der Waals surface area contributed by atoms with Crippen LogP contribution in [0, 0.1) is 0 Å². The maximum absolute atomic E-state index is 12.9. The molecule has 0 aliphatic rings. The molecular weight excluding hydrogens is 876 g/mol. The Bertz CT molecular complexity index is 1260. The quantitative estimate of drug-likeness (QED) is 0.0243. The minimum Gasteiger partial charge on any atom is -0.391 e. The van der Waals surface area contributed by atoms with E-state index in [2.05, 4.69) is 67.8 Å². The molecule has 69 heavy (non-hydrogen) atoms. The number of allylic oxidation sites excluding steroid dienone is 8. The van der Waals surface area contributed by atoms with Crippen molar-refractivity contribution in [3.63, 3.8) is 0 Å². The van der Waals surface area contributed by atoms with E-state index in [0.29, 0.717) is 23.9 Å². The van der Waals surface area contributed by atoms with E-state index in [1.165, 1.54) is 186 Å². The molecular formula is C60H116N2O6P+.